The first-order valence-electron chi connectivity index (χ1n) is 8.20. The van der Waals surface area contributed by atoms with Crippen LogP contribution in [0.15, 0.2) is 24.3 Å². The third-order valence-corrected chi connectivity index (χ3v) is 4.38. The second-order valence-corrected chi connectivity index (χ2v) is 6.66. The van der Waals surface area contributed by atoms with Crippen LogP contribution in [0.3, 0.4) is 0 Å². The summed E-state index contributed by atoms with van der Waals surface area (Å²) in [6.45, 7) is 5.39. The van der Waals surface area contributed by atoms with Crippen molar-refractivity contribution in [3.63, 3.8) is 0 Å². The number of aliphatic hydroxyl groups is 1. The van der Waals surface area contributed by atoms with Gasteiger partial charge in [-0.1, -0.05) is 31.9 Å². The third kappa shape index (κ3) is 4.02. The summed E-state index contributed by atoms with van der Waals surface area (Å²) in [6.07, 6.45) is 0. The second kappa shape index (κ2) is 7.51. The average Bonchev–Trinajstić information content (AvgIpc) is 2.91. The molecule has 1 unspecified atom stereocenters. The minimum absolute atomic E-state index is 0. The molecular weight excluding hydrogens is 369 g/mol. The van der Waals surface area contributed by atoms with Gasteiger partial charge in [-0.15, -0.1) is 12.4 Å². The molecule has 0 aliphatic carbocycles. The molecule has 0 radical (unpaired) electrons. The van der Waals surface area contributed by atoms with E-state index in [0.29, 0.717) is 22.6 Å². The van der Waals surface area contributed by atoms with Gasteiger partial charge in [-0.2, -0.15) is 0 Å². The summed E-state index contributed by atoms with van der Waals surface area (Å²) in [5.74, 6) is 6.07. The number of aromatic nitrogens is 4. The molecule has 0 spiro atoms. The van der Waals surface area contributed by atoms with Gasteiger partial charge >= 0.3 is 0 Å². The Morgan fingerprint density at radius 3 is 2.59 bits per heavy atom. The zero-order chi connectivity index (χ0) is 19.1. The van der Waals surface area contributed by atoms with E-state index in [-0.39, 0.29) is 35.8 Å². The highest BCUT2D eigenvalue weighted by atomic mass is 35.5. The molecule has 0 saturated carbocycles. The molecule has 3 aromatic rings. The Hall–Kier alpha value is -2.69. The van der Waals surface area contributed by atoms with Crippen molar-refractivity contribution in [2.24, 2.45) is 13.0 Å². The zero-order valence-corrected chi connectivity index (χ0v) is 16.3. The molecule has 6 nitrogen and oxygen atoms in total. The van der Waals surface area contributed by atoms with Crippen molar-refractivity contribution in [3.05, 3.63) is 35.9 Å². The summed E-state index contributed by atoms with van der Waals surface area (Å²) in [6, 6.07) is 6.14. The molecule has 2 heterocycles. The number of nitrogen functional groups attached to an aromatic ring is 1. The van der Waals surface area contributed by atoms with E-state index in [9.17, 15) is 9.50 Å². The maximum absolute atomic E-state index is 13.5. The standard InChI is InChI=1S/C19H20FN5O.ClH/c1-11(2)19(3,26)9-8-14-22-16(21)15-18(23-14)25(4)17(24-15)12-6-5-7-13(20)10-12;/h5-7,10-11,26H,1-4H3,(H2,21,22,23);1H. The Morgan fingerprint density at radius 2 is 1.96 bits per heavy atom. The summed E-state index contributed by atoms with van der Waals surface area (Å²) >= 11 is 0. The van der Waals surface area contributed by atoms with E-state index in [1.807, 2.05) is 13.8 Å². The first kappa shape index (κ1) is 20.6. The van der Waals surface area contributed by atoms with Gasteiger partial charge in [-0.25, -0.2) is 19.3 Å². The molecule has 3 N–H and O–H groups in total. The van der Waals surface area contributed by atoms with E-state index in [4.69, 9.17) is 5.73 Å². The molecule has 27 heavy (non-hydrogen) atoms. The molecule has 0 aliphatic rings. The minimum atomic E-state index is -1.16. The van der Waals surface area contributed by atoms with Gasteiger partial charge in [-0.3, -0.25) is 0 Å². The predicted molar refractivity (Wildman–Crippen MR) is 106 cm³/mol. The molecule has 0 bridgehead atoms. The van der Waals surface area contributed by atoms with Gasteiger partial charge < -0.3 is 15.4 Å². The molecule has 0 aliphatic heterocycles. The number of anilines is 1. The van der Waals surface area contributed by atoms with Crippen molar-refractivity contribution in [1.82, 2.24) is 19.5 Å². The number of imidazole rings is 1. The van der Waals surface area contributed by atoms with Crippen LogP contribution >= 0.6 is 12.4 Å². The van der Waals surface area contributed by atoms with Crippen LogP contribution in [0, 0.1) is 23.6 Å². The van der Waals surface area contributed by atoms with Gasteiger partial charge in [0.2, 0.25) is 5.82 Å². The largest absolute Gasteiger partial charge is 0.382 e. The fraction of sp³-hybridized carbons (Fsp3) is 0.316. The summed E-state index contributed by atoms with van der Waals surface area (Å²) in [7, 11) is 1.77. The summed E-state index contributed by atoms with van der Waals surface area (Å²) < 4.78 is 15.2. The van der Waals surface area contributed by atoms with Gasteiger partial charge in [0.05, 0.1) is 0 Å². The minimum Gasteiger partial charge on any atom is -0.382 e. The van der Waals surface area contributed by atoms with E-state index < -0.39 is 5.60 Å². The number of halogens is 2. The van der Waals surface area contributed by atoms with Crippen LogP contribution in [0.5, 0.6) is 0 Å². The zero-order valence-electron chi connectivity index (χ0n) is 15.5. The molecule has 1 atom stereocenters. The molecule has 0 saturated heterocycles. The molecule has 8 heteroatoms. The maximum Gasteiger partial charge on any atom is 0.209 e. The molecule has 142 valence electrons. The van der Waals surface area contributed by atoms with E-state index in [1.165, 1.54) is 12.1 Å². The number of rotatable bonds is 2. The third-order valence-electron chi connectivity index (χ3n) is 4.38. The van der Waals surface area contributed by atoms with E-state index in [0.717, 1.165) is 0 Å². The Bertz CT molecular complexity index is 1050. The van der Waals surface area contributed by atoms with Gasteiger partial charge in [0.15, 0.2) is 17.0 Å². The normalized spacial score (nSPS) is 13.0. The number of benzene rings is 1. The lowest BCUT2D eigenvalue weighted by Crippen LogP contribution is -2.28. The quantitative estimate of drug-likeness (QED) is 0.658. The highest BCUT2D eigenvalue weighted by Gasteiger charge is 2.22. The Morgan fingerprint density at radius 1 is 1.26 bits per heavy atom. The van der Waals surface area contributed by atoms with Crippen LogP contribution in [0.4, 0.5) is 10.2 Å². The van der Waals surface area contributed by atoms with Crippen LogP contribution in [-0.2, 0) is 7.05 Å². The maximum atomic E-state index is 13.5. The Kier molecular flexibility index (Phi) is 5.73. The van der Waals surface area contributed by atoms with E-state index in [1.54, 1.807) is 30.7 Å². The molecule has 0 amide bonds. The van der Waals surface area contributed by atoms with Crippen molar-refractivity contribution >= 4 is 29.4 Å². The van der Waals surface area contributed by atoms with Crippen molar-refractivity contribution < 1.29 is 9.50 Å². The fourth-order valence-electron chi connectivity index (χ4n) is 2.35. The Labute approximate surface area is 163 Å². The number of nitrogens with zero attached hydrogens (tertiary/aromatic N) is 4. The van der Waals surface area contributed by atoms with E-state index >= 15 is 0 Å². The highest BCUT2D eigenvalue weighted by molar-refractivity contribution is 5.86. The lowest BCUT2D eigenvalue weighted by molar-refractivity contribution is 0.0726. The lowest BCUT2D eigenvalue weighted by Gasteiger charge is -2.20. The van der Waals surface area contributed by atoms with Gasteiger partial charge in [-0.05, 0) is 30.9 Å². The first-order chi connectivity index (χ1) is 12.2. The van der Waals surface area contributed by atoms with Crippen molar-refractivity contribution in [3.8, 4) is 23.2 Å². The predicted octanol–water partition coefficient (Wildman–Crippen LogP) is 2.93. The number of hydrogen-bond acceptors (Lipinski definition) is 5. The van der Waals surface area contributed by atoms with Crippen LogP contribution in [0.25, 0.3) is 22.6 Å². The summed E-state index contributed by atoms with van der Waals surface area (Å²) in [5.41, 5.74) is 6.38. The second-order valence-electron chi connectivity index (χ2n) is 6.66. The van der Waals surface area contributed by atoms with Gasteiger partial charge in [0.1, 0.15) is 17.2 Å². The Balaban J connectivity index is 0.00000261. The van der Waals surface area contributed by atoms with E-state index in [2.05, 4.69) is 26.8 Å². The molecular formula is C19H21ClFN5O. The molecule has 3 rings (SSSR count). The smallest absolute Gasteiger partial charge is 0.209 e. The molecule has 2 aromatic heterocycles. The SMILES string of the molecule is CC(C)C(C)(O)C#Cc1nc(N)c2nc(-c3cccc(F)c3)n(C)c2n1.Cl. The number of fused-ring (bicyclic) bond motifs is 1. The van der Waals surface area contributed by atoms with Crippen LogP contribution < -0.4 is 5.73 Å². The average molecular weight is 390 g/mol. The lowest BCUT2D eigenvalue weighted by atomic mass is 9.93. The topological polar surface area (TPSA) is 89.9 Å². The monoisotopic (exact) mass is 389 g/mol. The van der Waals surface area contributed by atoms with Crippen molar-refractivity contribution in [2.75, 3.05) is 5.73 Å². The van der Waals surface area contributed by atoms with Crippen LogP contribution in [0.2, 0.25) is 0 Å². The molecule has 1 aromatic carbocycles. The van der Waals surface area contributed by atoms with Gasteiger partial charge in [0.25, 0.3) is 0 Å². The van der Waals surface area contributed by atoms with Crippen molar-refractivity contribution in [2.45, 2.75) is 26.4 Å². The van der Waals surface area contributed by atoms with Gasteiger partial charge in [0, 0.05) is 12.6 Å². The first-order valence-corrected chi connectivity index (χ1v) is 8.20. The number of aryl methyl sites for hydroxylation is 1. The summed E-state index contributed by atoms with van der Waals surface area (Å²) in [5, 5.41) is 10.3. The molecule has 0 fully saturated rings. The number of nitrogens with two attached hydrogens (primary N) is 1. The van der Waals surface area contributed by atoms with Crippen molar-refractivity contribution in [1.29, 1.82) is 0 Å². The fourth-order valence-corrected chi connectivity index (χ4v) is 2.35. The highest BCUT2D eigenvalue weighted by Crippen LogP contribution is 2.25. The van der Waals surface area contributed by atoms with Crippen LogP contribution in [0.1, 0.15) is 26.6 Å². The summed E-state index contributed by atoms with van der Waals surface area (Å²) in [4.78, 5) is 13.0. The van der Waals surface area contributed by atoms with Crippen LogP contribution in [-0.4, -0.2) is 30.2 Å². The number of hydrogen-bond donors (Lipinski definition) is 2.